The number of halogens is 1. The van der Waals surface area contributed by atoms with Crippen LogP contribution in [-0.4, -0.2) is 59.6 Å². The highest BCUT2D eigenvalue weighted by molar-refractivity contribution is 5.74. The van der Waals surface area contributed by atoms with E-state index in [1.165, 1.54) is 0 Å². The average Bonchev–Trinajstić information content (AvgIpc) is 3.41. The number of ether oxygens (including phenoxy) is 1. The molecule has 2 aromatic rings. The molecule has 2 fully saturated rings. The van der Waals surface area contributed by atoms with Gasteiger partial charge in [0.05, 0.1) is 37.3 Å². The molecule has 29 heavy (non-hydrogen) atoms. The summed E-state index contributed by atoms with van der Waals surface area (Å²) in [6, 6.07) is 5.68. The number of hydrogen-bond donors (Lipinski definition) is 2. The van der Waals surface area contributed by atoms with Gasteiger partial charge in [0.25, 0.3) is 0 Å². The number of aromatic hydroxyl groups is 1. The van der Waals surface area contributed by atoms with Crippen LogP contribution in [0.2, 0.25) is 0 Å². The minimum Gasteiger partial charge on any atom is -0.507 e. The third-order valence-electron chi connectivity index (χ3n) is 6.40. The highest BCUT2D eigenvalue weighted by atomic mass is 19.1. The zero-order chi connectivity index (χ0) is 20.0. The third kappa shape index (κ3) is 3.38. The van der Waals surface area contributed by atoms with Crippen molar-refractivity contribution in [3.63, 3.8) is 0 Å². The van der Waals surface area contributed by atoms with Crippen molar-refractivity contribution in [1.82, 2.24) is 15.3 Å². The summed E-state index contributed by atoms with van der Waals surface area (Å²) in [5, 5.41) is 13.8. The van der Waals surface area contributed by atoms with E-state index in [2.05, 4.69) is 15.3 Å². The van der Waals surface area contributed by atoms with Crippen LogP contribution < -0.4 is 10.2 Å². The van der Waals surface area contributed by atoms with Gasteiger partial charge in [-0.25, -0.2) is 9.37 Å². The fourth-order valence-electron chi connectivity index (χ4n) is 4.70. The molecule has 5 rings (SSSR count). The summed E-state index contributed by atoms with van der Waals surface area (Å²) in [5.41, 5.74) is 3.23. The van der Waals surface area contributed by atoms with Crippen molar-refractivity contribution in [1.29, 1.82) is 0 Å². The first kappa shape index (κ1) is 18.5. The highest BCUT2D eigenvalue weighted by Gasteiger charge is 2.43. The summed E-state index contributed by atoms with van der Waals surface area (Å²) in [7, 11) is 1.88. The molecule has 3 aliphatic heterocycles. The lowest BCUT2D eigenvalue weighted by atomic mass is 9.96. The van der Waals surface area contributed by atoms with E-state index < -0.39 is 6.17 Å². The number of hydrogen-bond acceptors (Lipinski definition) is 6. The molecule has 3 aliphatic rings. The largest absolute Gasteiger partial charge is 0.507 e. The number of aromatic nitrogens is 2. The van der Waals surface area contributed by atoms with Gasteiger partial charge in [0.2, 0.25) is 0 Å². The van der Waals surface area contributed by atoms with Crippen molar-refractivity contribution >= 4 is 11.4 Å². The minimum absolute atomic E-state index is 0.0516. The third-order valence-corrected chi connectivity index (χ3v) is 6.40. The maximum Gasteiger partial charge on any atom is 0.147 e. The molecule has 2 saturated heterocycles. The molecule has 1 aromatic carbocycles. The summed E-state index contributed by atoms with van der Waals surface area (Å²) in [6.45, 7) is 1.17. The van der Waals surface area contributed by atoms with Gasteiger partial charge in [0.1, 0.15) is 17.7 Å². The van der Waals surface area contributed by atoms with Crippen LogP contribution in [0, 0.1) is 0 Å². The van der Waals surface area contributed by atoms with Gasteiger partial charge in [-0.05, 0) is 42.5 Å². The molecular formula is C22H25FN4O2. The Kier molecular flexibility index (Phi) is 4.72. The Balaban J connectivity index is 1.35. The minimum atomic E-state index is -0.911. The number of fused-ring (bicyclic) bond motifs is 2. The molecular weight excluding hydrogens is 371 g/mol. The zero-order valence-electron chi connectivity index (χ0n) is 16.4. The van der Waals surface area contributed by atoms with E-state index in [-0.39, 0.29) is 17.8 Å². The molecule has 152 valence electrons. The Hall–Kier alpha value is -2.51. The van der Waals surface area contributed by atoms with Gasteiger partial charge in [0.15, 0.2) is 0 Å². The fraction of sp³-hybridized carbons (Fsp3) is 0.455. The van der Waals surface area contributed by atoms with Crippen LogP contribution in [-0.2, 0) is 4.74 Å². The molecule has 1 aromatic heterocycles. The molecule has 4 atom stereocenters. The molecule has 0 spiro atoms. The van der Waals surface area contributed by atoms with Crippen LogP contribution in [0.5, 0.6) is 5.75 Å². The van der Waals surface area contributed by atoms with E-state index in [1.54, 1.807) is 18.5 Å². The predicted octanol–water partition coefficient (Wildman–Crippen LogP) is 2.93. The summed E-state index contributed by atoms with van der Waals surface area (Å²) in [5.74, 6) is 0.802. The molecule has 4 heterocycles. The predicted molar refractivity (Wildman–Crippen MR) is 110 cm³/mol. The van der Waals surface area contributed by atoms with Crippen LogP contribution in [0.25, 0.3) is 16.8 Å². The Morgan fingerprint density at radius 3 is 2.86 bits per heavy atom. The lowest BCUT2D eigenvalue weighted by Gasteiger charge is -2.38. The van der Waals surface area contributed by atoms with Crippen molar-refractivity contribution in [3.05, 3.63) is 42.2 Å². The summed E-state index contributed by atoms with van der Waals surface area (Å²) < 4.78 is 20.2. The number of nitrogens with zero attached hydrogens (tertiary/aromatic N) is 3. The molecule has 2 N–H and O–H groups in total. The van der Waals surface area contributed by atoms with Gasteiger partial charge >= 0.3 is 0 Å². The maximum absolute atomic E-state index is 14.8. The second-order valence-corrected chi connectivity index (χ2v) is 8.14. The number of phenolic OH excluding ortho intramolecular Hbond substituents is 1. The first-order valence-electron chi connectivity index (χ1n) is 10.2. The SMILES string of the molecule is CN(c1cnc(-c2ccc(C3=CCOC3)cc2O)cn1)[C@@H]1CC2CCC(N2)[C@@H]1F. The van der Waals surface area contributed by atoms with E-state index in [0.717, 1.165) is 30.4 Å². The normalized spacial score (nSPS) is 28.4. The van der Waals surface area contributed by atoms with Gasteiger partial charge in [-0.2, -0.15) is 0 Å². The maximum atomic E-state index is 14.8. The van der Waals surface area contributed by atoms with Gasteiger partial charge in [0, 0.05) is 24.7 Å². The molecule has 0 aliphatic carbocycles. The van der Waals surface area contributed by atoms with Gasteiger partial charge in [-0.1, -0.05) is 12.1 Å². The molecule has 7 heteroatoms. The van der Waals surface area contributed by atoms with Crippen molar-refractivity contribution in [3.8, 4) is 17.0 Å². The number of anilines is 1. The number of nitrogens with one attached hydrogen (secondary N) is 1. The highest BCUT2D eigenvalue weighted by Crippen LogP contribution is 2.34. The molecule has 0 radical (unpaired) electrons. The van der Waals surface area contributed by atoms with E-state index in [1.807, 2.05) is 30.2 Å². The van der Waals surface area contributed by atoms with Crippen LogP contribution >= 0.6 is 0 Å². The van der Waals surface area contributed by atoms with Crippen molar-refractivity contribution < 1.29 is 14.2 Å². The fourth-order valence-corrected chi connectivity index (χ4v) is 4.70. The number of alkyl halides is 1. The van der Waals surface area contributed by atoms with Crippen LogP contribution in [0.4, 0.5) is 10.2 Å². The van der Waals surface area contributed by atoms with Crippen LogP contribution in [0.15, 0.2) is 36.7 Å². The Bertz CT molecular complexity index is 933. The smallest absolute Gasteiger partial charge is 0.147 e. The molecule has 0 amide bonds. The summed E-state index contributed by atoms with van der Waals surface area (Å²) in [4.78, 5) is 10.9. The lowest BCUT2D eigenvalue weighted by Crippen LogP contribution is -2.55. The van der Waals surface area contributed by atoms with Crippen LogP contribution in [0.1, 0.15) is 24.8 Å². The monoisotopic (exact) mass is 396 g/mol. The van der Waals surface area contributed by atoms with Gasteiger partial charge in [-0.3, -0.25) is 4.98 Å². The Morgan fingerprint density at radius 2 is 2.14 bits per heavy atom. The first-order chi connectivity index (χ1) is 14.1. The van der Waals surface area contributed by atoms with Crippen LogP contribution in [0.3, 0.4) is 0 Å². The number of benzene rings is 1. The zero-order valence-corrected chi connectivity index (χ0v) is 16.4. The molecule has 2 unspecified atom stereocenters. The average molecular weight is 396 g/mol. The van der Waals surface area contributed by atoms with Crippen molar-refractivity contribution in [2.45, 2.75) is 43.6 Å². The van der Waals surface area contributed by atoms with E-state index >= 15 is 0 Å². The Labute approximate surface area is 169 Å². The Morgan fingerprint density at radius 1 is 1.24 bits per heavy atom. The van der Waals surface area contributed by atoms with Crippen molar-refractivity contribution in [2.24, 2.45) is 0 Å². The second-order valence-electron chi connectivity index (χ2n) is 8.14. The standard InChI is InChI=1S/C22H25FN4O2/c1-27(19-9-15-3-5-17(26-15)22(19)23)21-11-24-18(10-25-21)16-4-2-13(8-20(16)28)14-6-7-29-12-14/h2,4,6,8,10-11,15,17,19,22,26,28H,3,5,7,9,12H2,1H3/t15?,17?,19-,22+/m1/s1. The van der Waals surface area contributed by atoms with E-state index in [9.17, 15) is 9.50 Å². The van der Waals surface area contributed by atoms with Gasteiger partial charge in [-0.15, -0.1) is 0 Å². The van der Waals surface area contributed by atoms with Gasteiger partial charge < -0.3 is 20.1 Å². The van der Waals surface area contributed by atoms with E-state index in [4.69, 9.17) is 4.74 Å². The lowest BCUT2D eigenvalue weighted by molar-refractivity contribution is 0.176. The first-order valence-corrected chi connectivity index (χ1v) is 10.2. The number of phenols is 1. The summed E-state index contributed by atoms with van der Waals surface area (Å²) >= 11 is 0. The molecule has 0 saturated carbocycles. The topological polar surface area (TPSA) is 70.5 Å². The number of piperidine rings is 1. The van der Waals surface area contributed by atoms with E-state index in [0.29, 0.717) is 36.3 Å². The van der Waals surface area contributed by atoms with Crippen molar-refractivity contribution in [2.75, 3.05) is 25.2 Å². The molecule has 2 bridgehead atoms. The number of rotatable bonds is 4. The second kappa shape index (κ2) is 7.39. The molecule has 6 nitrogen and oxygen atoms in total. The quantitative estimate of drug-likeness (QED) is 0.828. The summed E-state index contributed by atoms with van der Waals surface area (Å²) in [6.07, 6.45) is 7.13.